The number of rotatable bonds is 2. The number of aromatic nitrogens is 2. The van der Waals surface area contributed by atoms with Crippen molar-refractivity contribution in [2.24, 2.45) is 0 Å². The van der Waals surface area contributed by atoms with E-state index in [-0.39, 0.29) is 77.3 Å². The second-order valence-corrected chi connectivity index (χ2v) is 5.63. The normalized spacial score (nSPS) is 6.53. The molecule has 0 aliphatic rings. The molecule has 3 heterocycles. The molecule has 0 unspecified atom stereocenters. The second kappa shape index (κ2) is 48.6. The van der Waals surface area contributed by atoms with Gasteiger partial charge in [-0.3, -0.25) is 4.98 Å². The van der Waals surface area contributed by atoms with E-state index in [0.717, 1.165) is 17.0 Å². The van der Waals surface area contributed by atoms with Gasteiger partial charge in [0.1, 0.15) is 0 Å². The number of nitrogens with zero attached hydrogens (tertiary/aromatic N) is 2. The zero-order chi connectivity index (χ0) is 23.7. The van der Waals surface area contributed by atoms with E-state index in [4.69, 9.17) is 0 Å². The van der Waals surface area contributed by atoms with Crippen LogP contribution in [0.5, 0.6) is 0 Å². The van der Waals surface area contributed by atoms with Gasteiger partial charge in [-0.2, -0.15) is 0 Å². The Morgan fingerprint density at radius 1 is 0.553 bits per heavy atom. The van der Waals surface area contributed by atoms with Crippen LogP contribution in [0.15, 0.2) is 90.6 Å². The third-order valence-electron chi connectivity index (χ3n) is 3.09. The van der Waals surface area contributed by atoms with Gasteiger partial charge < -0.3 is 27.3 Å². The molecule has 0 atom stereocenters. The van der Waals surface area contributed by atoms with Gasteiger partial charge in [0.2, 0.25) is 0 Å². The summed E-state index contributed by atoms with van der Waals surface area (Å²) in [4.78, 5) is 9.68. The van der Waals surface area contributed by atoms with Crippen LogP contribution in [0.2, 0.25) is 0 Å². The minimum atomic E-state index is 0. The fourth-order valence-electron chi connectivity index (χ4n) is 2.01. The Bertz CT molecular complexity index is 774. The fourth-order valence-corrected chi connectivity index (χ4v) is 2.71. The molecule has 0 saturated carbocycles. The first kappa shape index (κ1) is 60.8. The molecule has 3 aromatic heterocycles. The van der Waals surface area contributed by atoms with Crippen molar-refractivity contribution in [2.45, 2.75) is 70.2 Å². The molecule has 38 heavy (non-hydrogen) atoms. The van der Waals surface area contributed by atoms with E-state index < -0.39 is 0 Å². The number of hydrogen-bond acceptors (Lipinski definition) is 3. The van der Waals surface area contributed by atoms with Gasteiger partial charge in [0.15, 0.2) is 0 Å². The summed E-state index contributed by atoms with van der Waals surface area (Å²) in [7, 11) is 0. The predicted molar refractivity (Wildman–Crippen MR) is 174 cm³/mol. The van der Waals surface area contributed by atoms with Gasteiger partial charge in [-0.25, -0.2) is 0 Å². The summed E-state index contributed by atoms with van der Waals surface area (Å²) < 4.78 is 0. The van der Waals surface area contributed by atoms with Crippen LogP contribution < -0.4 is 0 Å². The molecule has 0 aliphatic carbocycles. The summed E-state index contributed by atoms with van der Waals surface area (Å²) in [6, 6.07) is 26.9. The molecule has 0 aliphatic heterocycles. The monoisotopic (exact) mass is 898 g/mol. The molecule has 0 fully saturated rings. The van der Waals surface area contributed by atoms with Crippen molar-refractivity contribution in [2.75, 3.05) is 0 Å². The molecule has 0 saturated heterocycles. The van der Waals surface area contributed by atoms with E-state index in [1.807, 2.05) is 128 Å². The van der Waals surface area contributed by atoms with Gasteiger partial charge in [0, 0.05) is 52.6 Å². The van der Waals surface area contributed by atoms with Crippen LogP contribution in [-0.4, -0.2) is 9.97 Å². The van der Waals surface area contributed by atoms with Crippen molar-refractivity contribution < 1.29 is 40.2 Å². The van der Waals surface area contributed by atoms with Gasteiger partial charge in [-0.1, -0.05) is 94.5 Å². The average Bonchev–Trinajstić information content (AvgIpc) is 3.46. The molecule has 0 spiro atoms. The molecule has 226 valence electrons. The second-order valence-electron chi connectivity index (χ2n) is 4.68. The zero-order valence-corrected chi connectivity index (χ0v) is 29.7. The summed E-state index contributed by atoms with van der Waals surface area (Å²) in [6.45, 7) is 16.0. The molecule has 2 nitrogen and oxygen atoms in total. The Balaban J connectivity index is -0.0000000437. The van der Waals surface area contributed by atoms with Gasteiger partial charge >= 0.3 is 0 Å². The Hall–Kier alpha value is -1.48. The molecule has 0 bridgehead atoms. The third-order valence-corrected chi connectivity index (χ3v) is 3.98. The van der Waals surface area contributed by atoms with Crippen molar-refractivity contribution in [1.82, 2.24) is 9.97 Å². The number of pyridine rings is 2. The third kappa shape index (κ3) is 27.6. The van der Waals surface area contributed by atoms with Gasteiger partial charge in [-0.15, -0.1) is 47.2 Å². The first-order chi connectivity index (χ1) is 15.4. The smallest absolute Gasteiger partial charge is 0.0801 e. The zero-order valence-electron chi connectivity index (χ0n) is 24.1. The summed E-state index contributed by atoms with van der Waals surface area (Å²) in [5, 5.41) is 2.06. The predicted octanol–water partition coefficient (Wildman–Crippen LogP) is 12.1. The molecular formula is C33H56Ir2N2S-4. The summed E-state index contributed by atoms with van der Waals surface area (Å²) in [5.74, 6) is 0. The minimum absolute atomic E-state index is 0. The molecular weight excluding hydrogens is 841 g/mol. The Morgan fingerprint density at radius 2 is 1.00 bits per heavy atom. The Labute approximate surface area is 270 Å². The maximum atomic E-state index is 4.23. The number of benzene rings is 1. The van der Waals surface area contributed by atoms with Crippen LogP contribution in [-0.2, 0) is 40.2 Å². The standard InChI is InChI=1S/C11H8N.C9H7NS.4C2H6.2CH4.3CH3.2Ir/c1-2-6-10(7-3-1)11-8-4-5-9-12-11;1-2-6-10-8(4-1)9-5-3-7-11-9;4*1-2;;;;;;;/h1-6,8-9H;1-7H;4*1-2H3;2*1H4;3*1H3;;/q-1;;;;;;;;3*-1;;. The fraction of sp³-hybridized carbons (Fsp3) is 0.303. The van der Waals surface area contributed by atoms with E-state index in [9.17, 15) is 0 Å². The largest absolute Gasteiger partial charge is 0.358 e. The van der Waals surface area contributed by atoms with Crippen LogP contribution in [0.1, 0.15) is 70.2 Å². The van der Waals surface area contributed by atoms with Crippen molar-refractivity contribution in [3.05, 3.63) is 119 Å². The molecule has 4 aromatic rings. The Kier molecular flexibility index (Phi) is 77.8. The van der Waals surface area contributed by atoms with Crippen LogP contribution >= 0.6 is 11.3 Å². The summed E-state index contributed by atoms with van der Waals surface area (Å²) >= 11 is 1.71. The molecule has 5 heteroatoms. The van der Waals surface area contributed by atoms with Crippen molar-refractivity contribution in [3.8, 4) is 21.8 Å². The molecule has 1 aromatic carbocycles. The topological polar surface area (TPSA) is 25.8 Å². The van der Waals surface area contributed by atoms with Gasteiger partial charge in [0.25, 0.3) is 0 Å². The first-order valence-corrected chi connectivity index (χ1v) is 12.1. The Morgan fingerprint density at radius 3 is 1.34 bits per heavy atom. The van der Waals surface area contributed by atoms with Crippen LogP contribution in [0.25, 0.3) is 21.8 Å². The SMILES string of the molecule is C.C.CC.CC.CC.CC.[CH3-].[CH3-].[CH3-].[Ir].[Ir].[c-]1ccccc1-c1ccccn1.c1ccc(-c2cccs2)nc1. The summed E-state index contributed by atoms with van der Waals surface area (Å²) in [5.41, 5.74) is 3.07. The van der Waals surface area contributed by atoms with E-state index in [1.165, 1.54) is 4.88 Å². The average molecular weight is 897 g/mol. The van der Waals surface area contributed by atoms with Gasteiger partial charge in [0.05, 0.1) is 10.6 Å². The van der Waals surface area contributed by atoms with Crippen molar-refractivity contribution in [1.29, 1.82) is 0 Å². The molecule has 0 N–H and O–H groups in total. The molecule has 0 amide bonds. The van der Waals surface area contributed by atoms with Crippen molar-refractivity contribution in [3.63, 3.8) is 0 Å². The molecule has 2 radical (unpaired) electrons. The van der Waals surface area contributed by atoms with Crippen LogP contribution in [0, 0.1) is 28.3 Å². The van der Waals surface area contributed by atoms with E-state index in [1.54, 1.807) is 17.5 Å². The van der Waals surface area contributed by atoms with Crippen molar-refractivity contribution >= 4 is 11.3 Å². The first-order valence-electron chi connectivity index (χ1n) is 11.3. The maximum Gasteiger partial charge on any atom is 0.0801 e. The minimum Gasteiger partial charge on any atom is -0.358 e. The summed E-state index contributed by atoms with van der Waals surface area (Å²) in [6.07, 6.45) is 3.60. The van der Waals surface area contributed by atoms with E-state index >= 15 is 0 Å². The van der Waals surface area contributed by atoms with Gasteiger partial charge in [-0.05, 0) is 35.3 Å². The number of thiophene rings is 1. The maximum absolute atomic E-state index is 4.23. The number of hydrogen-bond donors (Lipinski definition) is 0. The van der Waals surface area contributed by atoms with E-state index in [0.29, 0.717) is 0 Å². The van der Waals surface area contributed by atoms with Crippen LogP contribution in [0.4, 0.5) is 0 Å². The molecule has 4 rings (SSSR count). The quantitative estimate of drug-likeness (QED) is 0.187. The van der Waals surface area contributed by atoms with Crippen LogP contribution in [0.3, 0.4) is 0 Å². The van der Waals surface area contributed by atoms with E-state index in [2.05, 4.69) is 27.5 Å².